The molecule has 0 fully saturated rings. The maximum atomic E-state index is 2.43. The van der Waals surface area contributed by atoms with E-state index in [1.807, 2.05) is 41.5 Å². The maximum Gasteiger partial charge on any atom is -0.000123 e. The first kappa shape index (κ1) is 50.6. The number of hydrogen-bond acceptors (Lipinski definition) is 0. The summed E-state index contributed by atoms with van der Waals surface area (Å²) in [6.45, 7) is 21.0. The Hall–Kier alpha value is -7.28. The van der Waals surface area contributed by atoms with Crippen molar-refractivity contribution >= 4 is 11.1 Å². The second-order valence-corrected chi connectivity index (χ2v) is 17.7. The van der Waals surface area contributed by atoms with Gasteiger partial charge in [0.2, 0.25) is 0 Å². The number of rotatable bonds is 11. The Morgan fingerprint density at radius 3 is 1.73 bits per heavy atom. The van der Waals surface area contributed by atoms with E-state index in [2.05, 4.69) is 240 Å². The number of aryl methyl sites for hydroxylation is 1. The number of benzene rings is 8. The van der Waals surface area contributed by atoms with Crippen LogP contribution in [0.15, 0.2) is 218 Å². The standard InChI is InChI=1S/C64H54.3C2H6/c1-5-46-14-6-9-19-58(46)54-18-12-17-51(39-54)52(38-45(4)48-30-34-50(35-31-48)59-22-13-23-62-60-20-10-8-16-56(60)42-64(59)62)27-25-43(2)24-26-44(3)47-28-32-49(33-29-47)53-36-37-57-40-55-15-7-11-21-61(55)63(57)41-53;3*1-2/h6-39,41,45H,5,40,42H2,1-4H3;3*1-2H3/b27-25-,43-24+,44-26+,52-38+;;;. The van der Waals surface area contributed by atoms with Gasteiger partial charge in [-0.05, 0) is 162 Å². The van der Waals surface area contributed by atoms with Crippen molar-refractivity contribution in [1.29, 1.82) is 0 Å². The van der Waals surface area contributed by atoms with Crippen LogP contribution in [0, 0.1) is 0 Å². The molecule has 0 aliphatic heterocycles. The lowest BCUT2D eigenvalue weighted by atomic mass is 9.90. The summed E-state index contributed by atoms with van der Waals surface area (Å²) in [5.41, 5.74) is 27.6. The van der Waals surface area contributed by atoms with Gasteiger partial charge in [0, 0.05) is 0 Å². The van der Waals surface area contributed by atoms with Crippen LogP contribution in [-0.2, 0) is 19.3 Å². The molecule has 2 aliphatic carbocycles. The molecule has 0 N–H and O–H groups in total. The molecule has 0 nitrogen and oxygen atoms in total. The van der Waals surface area contributed by atoms with E-state index in [9.17, 15) is 0 Å². The molecule has 1 atom stereocenters. The number of hydrogen-bond donors (Lipinski definition) is 0. The largest absolute Gasteiger partial charge is 0.0694 e. The van der Waals surface area contributed by atoms with E-state index in [1.165, 1.54) is 117 Å². The Morgan fingerprint density at radius 1 is 0.443 bits per heavy atom. The summed E-state index contributed by atoms with van der Waals surface area (Å²) < 4.78 is 0. The fraction of sp³-hybridized carbons (Fsp3) is 0.200. The van der Waals surface area contributed by atoms with Crippen LogP contribution in [0.25, 0.3) is 66.8 Å². The van der Waals surface area contributed by atoms with Crippen molar-refractivity contribution < 1.29 is 0 Å². The highest BCUT2D eigenvalue weighted by Gasteiger charge is 2.22. The molecular formula is C70H72. The summed E-state index contributed by atoms with van der Waals surface area (Å²) >= 11 is 0. The quantitative estimate of drug-likeness (QED) is 0.113. The molecule has 8 aromatic rings. The highest BCUT2D eigenvalue weighted by molar-refractivity contribution is 5.86. The molecule has 10 rings (SSSR count). The maximum absolute atomic E-state index is 2.43. The predicted octanol–water partition coefficient (Wildman–Crippen LogP) is 20.3. The third kappa shape index (κ3) is 11.3. The third-order valence-corrected chi connectivity index (χ3v) is 13.5. The Labute approximate surface area is 421 Å². The zero-order valence-corrected chi connectivity index (χ0v) is 43.4. The van der Waals surface area contributed by atoms with E-state index in [0.717, 1.165) is 19.3 Å². The molecule has 1 unspecified atom stereocenters. The van der Waals surface area contributed by atoms with Gasteiger partial charge in [0.15, 0.2) is 0 Å². The average molecular weight is 913 g/mol. The molecule has 0 bridgehead atoms. The van der Waals surface area contributed by atoms with Crippen molar-refractivity contribution in [3.05, 3.63) is 262 Å². The van der Waals surface area contributed by atoms with Gasteiger partial charge in [0.25, 0.3) is 0 Å². The molecule has 0 aromatic heterocycles. The van der Waals surface area contributed by atoms with Gasteiger partial charge in [-0.3, -0.25) is 0 Å². The van der Waals surface area contributed by atoms with Gasteiger partial charge in [0.1, 0.15) is 0 Å². The smallest absolute Gasteiger partial charge is 0.000123 e. The van der Waals surface area contributed by atoms with Crippen LogP contribution in [0.2, 0.25) is 0 Å². The Bertz CT molecular complexity index is 3140. The minimum absolute atomic E-state index is 0.202. The second kappa shape index (κ2) is 24.3. The summed E-state index contributed by atoms with van der Waals surface area (Å²) in [6, 6.07) is 67.5. The van der Waals surface area contributed by atoms with Crippen molar-refractivity contribution in [1.82, 2.24) is 0 Å². The van der Waals surface area contributed by atoms with Crippen molar-refractivity contribution in [3.8, 4) is 55.6 Å². The van der Waals surface area contributed by atoms with Gasteiger partial charge >= 0.3 is 0 Å². The number of fused-ring (bicyclic) bond motifs is 6. The first-order valence-corrected chi connectivity index (χ1v) is 26.0. The van der Waals surface area contributed by atoms with Crippen LogP contribution >= 0.6 is 0 Å². The minimum Gasteiger partial charge on any atom is -0.0694 e. The molecule has 0 saturated carbocycles. The highest BCUT2D eigenvalue weighted by Crippen LogP contribution is 2.42. The van der Waals surface area contributed by atoms with E-state index in [1.54, 1.807) is 0 Å². The molecular weight excluding hydrogens is 841 g/mol. The predicted molar refractivity (Wildman–Crippen MR) is 308 cm³/mol. The molecule has 0 heterocycles. The van der Waals surface area contributed by atoms with Gasteiger partial charge in [-0.25, -0.2) is 0 Å². The van der Waals surface area contributed by atoms with Gasteiger partial charge in [-0.1, -0.05) is 261 Å². The summed E-state index contributed by atoms with van der Waals surface area (Å²) in [5.74, 6) is 0.202. The van der Waals surface area contributed by atoms with E-state index in [0.29, 0.717) is 0 Å². The van der Waals surface area contributed by atoms with Crippen molar-refractivity contribution in [2.75, 3.05) is 0 Å². The fourth-order valence-corrected chi connectivity index (χ4v) is 9.84. The summed E-state index contributed by atoms with van der Waals surface area (Å²) in [4.78, 5) is 0. The summed E-state index contributed by atoms with van der Waals surface area (Å²) in [6.07, 6.45) is 14.5. The van der Waals surface area contributed by atoms with E-state index >= 15 is 0 Å². The molecule has 8 aromatic carbocycles. The van der Waals surface area contributed by atoms with E-state index in [4.69, 9.17) is 0 Å². The van der Waals surface area contributed by atoms with Crippen LogP contribution < -0.4 is 0 Å². The lowest BCUT2D eigenvalue weighted by Crippen LogP contribution is -1.94. The van der Waals surface area contributed by atoms with Crippen LogP contribution in [0.3, 0.4) is 0 Å². The fourth-order valence-electron chi connectivity index (χ4n) is 9.84. The van der Waals surface area contributed by atoms with Gasteiger partial charge in [-0.15, -0.1) is 0 Å². The van der Waals surface area contributed by atoms with Crippen LogP contribution in [0.4, 0.5) is 0 Å². The second-order valence-electron chi connectivity index (χ2n) is 17.7. The Morgan fingerprint density at radius 2 is 1.01 bits per heavy atom. The van der Waals surface area contributed by atoms with Gasteiger partial charge in [-0.2, -0.15) is 0 Å². The zero-order valence-electron chi connectivity index (χ0n) is 43.4. The van der Waals surface area contributed by atoms with Gasteiger partial charge in [0.05, 0.1) is 0 Å². The molecule has 0 heteroatoms. The van der Waals surface area contributed by atoms with Gasteiger partial charge < -0.3 is 0 Å². The van der Waals surface area contributed by atoms with Crippen LogP contribution in [0.1, 0.15) is 120 Å². The molecule has 2 aliphatic rings. The number of allylic oxidation sites excluding steroid dienone is 8. The zero-order chi connectivity index (χ0) is 49.6. The first-order chi connectivity index (χ1) is 34.4. The highest BCUT2D eigenvalue weighted by atomic mass is 14.3. The third-order valence-electron chi connectivity index (χ3n) is 13.5. The van der Waals surface area contributed by atoms with E-state index < -0.39 is 0 Å². The summed E-state index contributed by atoms with van der Waals surface area (Å²) in [7, 11) is 0. The molecule has 0 saturated heterocycles. The van der Waals surface area contributed by atoms with Crippen molar-refractivity contribution in [3.63, 3.8) is 0 Å². The van der Waals surface area contributed by atoms with Crippen molar-refractivity contribution in [2.45, 2.75) is 94.4 Å². The van der Waals surface area contributed by atoms with Crippen LogP contribution in [-0.4, -0.2) is 0 Å². The summed E-state index contributed by atoms with van der Waals surface area (Å²) in [5, 5.41) is 0. The Balaban J connectivity index is 0.00000116. The van der Waals surface area contributed by atoms with E-state index in [-0.39, 0.29) is 5.92 Å². The topological polar surface area (TPSA) is 0 Å². The molecule has 0 radical (unpaired) electrons. The molecule has 70 heavy (non-hydrogen) atoms. The lowest BCUT2D eigenvalue weighted by molar-refractivity contribution is 0.970. The SMILES string of the molecule is CC.CC.CC.CCc1ccccc1-c1cccc(C(/C=C\C(C)=C\C=C(/C)c2ccc(-c3ccc4c(c3)-c3ccccc3C4)cc2)=C/C(C)c2ccc(-c3cccc4c3Cc3ccccc3-4)cc2)c1. The molecule has 0 spiro atoms. The van der Waals surface area contributed by atoms with Crippen molar-refractivity contribution in [2.24, 2.45) is 0 Å². The molecule has 0 amide bonds. The Kier molecular flexibility index (Phi) is 17.6. The van der Waals surface area contributed by atoms with Crippen LogP contribution in [0.5, 0.6) is 0 Å². The minimum atomic E-state index is 0.202. The lowest BCUT2D eigenvalue weighted by Gasteiger charge is -2.14. The monoisotopic (exact) mass is 913 g/mol. The average Bonchev–Trinajstić information content (AvgIpc) is 4.01. The normalized spacial score (nSPS) is 12.8. The first-order valence-electron chi connectivity index (χ1n) is 26.0. The molecule has 352 valence electrons.